The molecule has 0 saturated carbocycles. The third kappa shape index (κ3) is 368. The molecule has 6 heteroatoms. The molecular formula is C4H14FO4P. The lowest BCUT2D eigenvalue weighted by atomic mass is 10.4. The number of hydrogen-bond donors (Lipinski definition) is 3. The van der Waals surface area contributed by atoms with Gasteiger partial charge in [0.2, 0.25) is 0 Å². The molecule has 0 unspecified atom stereocenters. The smallest absolute Gasteiger partial charge is 0.303 e. The van der Waals surface area contributed by atoms with Crippen molar-refractivity contribution in [3.63, 3.8) is 0 Å². The average molecular weight is 176 g/mol. The van der Waals surface area contributed by atoms with Gasteiger partial charge in [-0.3, -0.25) is 4.70 Å². The number of unbranched alkanes of at least 4 members (excludes halogenated alkanes) is 1. The van der Waals surface area contributed by atoms with E-state index in [9.17, 15) is 0 Å². The van der Waals surface area contributed by atoms with Crippen LogP contribution in [0.15, 0.2) is 0 Å². The summed E-state index contributed by atoms with van der Waals surface area (Å²) in [6.07, 6.45) is 2.64. The molecule has 0 saturated heterocycles. The van der Waals surface area contributed by atoms with E-state index in [1.54, 1.807) is 0 Å². The molecule has 0 heterocycles. The SMILES string of the molecule is CCCC.F.O=P(O)(O)O. The quantitative estimate of drug-likeness (QED) is 0.521. The summed E-state index contributed by atoms with van der Waals surface area (Å²) >= 11 is 0. The van der Waals surface area contributed by atoms with Crippen molar-refractivity contribution in [1.82, 2.24) is 0 Å². The lowest BCUT2D eigenvalue weighted by Crippen LogP contribution is -1.66. The zero-order valence-corrected chi connectivity index (χ0v) is 6.91. The third-order valence-electron chi connectivity index (χ3n) is 0.500. The van der Waals surface area contributed by atoms with Gasteiger partial charge in [0.25, 0.3) is 0 Å². The molecule has 0 amide bonds. The first kappa shape index (κ1) is 16.6. The topological polar surface area (TPSA) is 77.8 Å². The van der Waals surface area contributed by atoms with Crippen molar-refractivity contribution < 1.29 is 23.9 Å². The lowest BCUT2D eigenvalue weighted by molar-refractivity contribution is 0.275. The van der Waals surface area contributed by atoms with Crippen LogP contribution < -0.4 is 0 Å². The van der Waals surface area contributed by atoms with E-state index in [-0.39, 0.29) is 4.70 Å². The first-order valence-corrected chi connectivity index (χ1v) is 4.26. The summed E-state index contributed by atoms with van der Waals surface area (Å²) in [6, 6.07) is 0. The number of rotatable bonds is 1. The van der Waals surface area contributed by atoms with Gasteiger partial charge in [-0.15, -0.1) is 0 Å². The molecule has 4 nitrogen and oxygen atoms in total. The molecule has 0 aromatic heterocycles. The Morgan fingerprint density at radius 1 is 1.10 bits per heavy atom. The van der Waals surface area contributed by atoms with Gasteiger partial charge in [-0.05, 0) is 0 Å². The number of phosphoric acid groups is 1. The van der Waals surface area contributed by atoms with Crippen molar-refractivity contribution in [3.8, 4) is 0 Å². The summed E-state index contributed by atoms with van der Waals surface area (Å²) in [4.78, 5) is 21.6. The molecule has 0 bridgehead atoms. The average Bonchev–Trinajstić information content (AvgIpc) is 1.61. The minimum atomic E-state index is -4.64. The largest absolute Gasteiger partial charge is 0.466 e. The molecule has 0 atom stereocenters. The maximum Gasteiger partial charge on any atom is 0.466 e. The second-order valence-corrected chi connectivity index (χ2v) is 2.54. The molecule has 0 fully saturated rings. The van der Waals surface area contributed by atoms with Crippen molar-refractivity contribution >= 4 is 7.82 Å². The predicted octanol–water partition coefficient (Wildman–Crippen LogP) is 1.03. The van der Waals surface area contributed by atoms with Crippen LogP contribution in [0.2, 0.25) is 0 Å². The van der Waals surface area contributed by atoms with Crippen LogP contribution in [0.25, 0.3) is 0 Å². The number of hydrogen-bond acceptors (Lipinski definition) is 1. The normalized spacial score (nSPS) is 8.90. The summed E-state index contributed by atoms with van der Waals surface area (Å²) in [6.45, 7) is 4.36. The van der Waals surface area contributed by atoms with Crippen molar-refractivity contribution in [2.75, 3.05) is 0 Å². The van der Waals surface area contributed by atoms with E-state index in [4.69, 9.17) is 19.2 Å². The Kier molecular flexibility index (Phi) is 15.0. The highest BCUT2D eigenvalue weighted by Gasteiger charge is 2.00. The van der Waals surface area contributed by atoms with Gasteiger partial charge in [-0.2, -0.15) is 0 Å². The van der Waals surface area contributed by atoms with E-state index in [1.165, 1.54) is 12.8 Å². The summed E-state index contributed by atoms with van der Waals surface area (Å²) in [5.74, 6) is 0. The van der Waals surface area contributed by atoms with Gasteiger partial charge in [0.1, 0.15) is 0 Å². The summed E-state index contributed by atoms with van der Waals surface area (Å²) in [5, 5.41) is 0. The van der Waals surface area contributed by atoms with Gasteiger partial charge in [0.15, 0.2) is 0 Å². The minimum absolute atomic E-state index is 0. The molecule has 0 aliphatic carbocycles. The Balaban J connectivity index is -0.0000000910. The number of halogens is 1. The Bertz CT molecular complexity index is 81.0. The zero-order chi connectivity index (χ0) is 7.91. The van der Waals surface area contributed by atoms with Crippen molar-refractivity contribution in [3.05, 3.63) is 0 Å². The summed E-state index contributed by atoms with van der Waals surface area (Å²) in [7, 11) is -4.64. The van der Waals surface area contributed by atoms with Crippen LogP contribution in [-0.2, 0) is 4.57 Å². The van der Waals surface area contributed by atoms with Crippen LogP contribution in [0.1, 0.15) is 26.7 Å². The fraction of sp³-hybridized carbons (Fsp3) is 1.00. The van der Waals surface area contributed by atoms with Gasteiger partial charge in [0.05, 0.1) is 0 Å². The van der Waals surface area contributed by atoms with Crippen LogP contribution in [0, 0.1) is 0 Å². The first-order chi connectivity index (χ1) is 3.91. The molecule has 0 aromatic rings. The molecule has 3 N–H and O–H groups in total. The standard InChI is InChI=1S/C4H10.FH.H3O4P/c1-3-4-2;;1-5(2,3)4/h3-4H2,1-2H3;1H;(H3,1,2,3,4). The zero-order valence-electron chi connectivity index (χ0n) is 6.02. The Morgan fingerprint density at radius 3 is 1.20 bits per heavy atom. The highest BCUT2D eigenvalue weighted by Crippen LogP contribution is 2.25. The van der Waals surface area contributed by atoms with E-state index in [2.05, 4.69) is 13.8 Å². The maximum absolute atomic E-state index is 8.88. The monoisotopic (exact) mass is 176 g/mol. The third-order valence-corrected chi connectivity index (χ3v) is 0.500. The molecule has 10 heavy (non-hydrogen) atoms. The predicted molar refractivity (Wildman–Crippen MR) is 37.3 cm³/mol. The van der Waals surface area contributed by atoms with Gasteiger partial charge in [0, 0.05) is 0 Å². The molecule has 0 spiro atoms. The molecule has 66 valence electrons. The minimum Gasteiger partial charge on any atom is -0.303 e. The molecule has 0 aliphatic rings. The highest BCUT2D eigenvalue weighted by atomic mass is 31.2. The molecule has 0 rings (SSSR count). The van der Waals surface area contributed by atoms with E-state index in [0.717, 1.165) is 0 Å². The van der Waals surface area contributed by atoms with Crippen molar-refractivity contribution in [2.45, 2.75) is 26.7 Å². The van der Waals surface area contributed by atoms with Gasteiger partial charge < -0.3 is 14.7 Å². The van der Waals surface area contributed by atoms with Gasteiger partial charge in [-0.25, -0.2) is 4.57 Å². The first-order valence-electron chi connectivity index (χ1n) is 2.70. The lowest BCUT2D eigenvalue weighted by Gasteiger charge is -1.82. The Morgan fingerprint density at radius 2 is 1.20 bits per heavy atom. The Hall–Kier alpha value is 0.0400. The van der Waals surface area contributed by atoms with E-state index in [1.807, 2.05) is 0 Å². The molecule has 0 aliphatic heterocycles. The van der Waals surface area contributed by atoms with E-state index >= 15 is 0 Å². The van der Waals surface area contributed by atoms with Crippen LogP contribution in [0.3, 0.4) is 0 Å². The Labute approximate surface area is 59.5 Å². The van der Waals surface area contributed by atoms with E-state index < -0.39 is 7.82 Å². The fourth-order valence-electron chi connectivity index (χ4n) is 0. The highest BCUT2D eigenvalue weighted by molar-refractivity contribution is 7.45. The van der Waals surface area contributed by atoms with Gasteiger partial charge in [-0.1, -0.05) is 26.7 Å². The molecule has 0 radical (unpaired) electrons. The molecular weight excluding hydrogens is 162 g/mol. The van der Waals surface area contributed by atoms with Gasteiger partial charge >= 0.3 is 7.82 Å². The summed E-state index contributed by atoms with van der Waals surface area (Å²) < 4.78 is 8.88. The van der Waals surface area contributed by atoms with Crippen LogP contribution in [-0.4, -0.2) is 14.7 Å². The van der Waals surface area contributed by atoms with Crippen LogP contribution in [0.5, 0.6) is 0 Å². The van der Waals surface area contributed by atoms with Crippen LogP contribution >= 0.6 is 7.82 Å². The maximum atomic E-state index is 8.88. The van der Waals surface area contributed by atoms with Crippen molar-refractivity contribution in [1.29, 1.82) is 0 Å². The second kappa shape index (κ2) is 9.04. The van der Waals surface area contributed by atoms with Crippen LogP contribution in [0.4, 0.5) is 4.70 Å². The summed E-state index contributed by atoms with van der Waals surface area (Å²) in [5.41, 5.74) is 0. The molecule has 0 aromatic carbocycles. The van der Waals surface area contributed by atoms with E-state index in [0.29, 0.717) is 0 Å². The second-order valence-electron chi connectivity index (χ2n) is 1.51. The van der Waals surface area contributed by atoms with Crippen molar-refractivity contribution in [2.24, 2.45) is 0 Å². The fourth-order valence-corrected chi connectivity index (χ4v) is 0.